The lowest BCUT2D eigenvalue weighted by molar-refractivity contribution is -0.383. The molecule has 0 aromatic heterocycles. The van der Waals surface area contributed by atoms with Gasteiger partial charge in [-0.25, -0.2) is 4.21 Å². The third kappa shape index (κ3) is 1.92. The van der Waals surface area contributed by atoms with Crippen LogP contribution in [0.15, 0.2) is 35.2 Å². The third-order valence-corrected chi connectivity index (χ3v) is 3.45. The highest BCUT2D eigenvalue weighted by Crippen LogP contribution is 2.30. The molecule has 0 heterocycles. The zero-order valence-electron chi connectivity index (χ0n) is 8.91. The lowest BCUT2D eigenvalue weighted by Gasteiger charge is -2.06. The molecule has 6 heteroatoms. The molecule has 2 aromatic carbocycles. The van der Waals surface area contributed by atoms with Crippen molar-refractivity contribution in [3.63, 3.8) is 0 Å². The van der Waals surface area contributed by atoms with E-state index in [1.54, 1.807) is 25.1 Å². The van der Waals surface area contributed by atoms with E-state index >= 15 is 0 Å². The summed E-state index contributed by atoms with van der Waals surface area (Å²) in [5, 5.41) is 11.7. The van der Waals surface area contributed by atoms with Crippen molar-refractivity contribution in [2.24, 2.45) is 0 Å². The maximum Gasteiger partial charge on any atom is 0.277 e. The molecule has 17 heavy (non-hydrogen) atoms. The molecule has 0 radical (unpaired) electrons. The molecule has 1 N–H and O–H groups in total. The fourth-order valence-corrected chi connectivity index (χ4v) is 2.52. The Morgan fingerprint density at radius 2 is 1.94 bits per heavy atom. The van der Waals surface area contributed by atoms with Crippen molar-refractivity contribution in [2.75, 3.05) is 0 Å². The average molecular weight is 251 g/mol. The molecule has 0 aliphatic heterocycles. The van der Waals surface area contributed by atoms with Crippen LogP contribution in [0.2, 0.25) is 0 Å². The SMILES string of the molecule is Cc1ccc2c([N+](=O)[O-])cccc2c1S(=O)O. The molecule has 0 saturated heterocycles. The van der Waals surface area contributed by atoms with Crippen molar-refractivity contribution in [3.8, 4) is 0 Å². The van der Waals surface area contributed by atoms with Crippen molar-refractivity contribution in [1.82, 2.24) is 0 Å². The van der Waals surface area contributed by atoms with Crippen LogP contribution < -0.4 is 0 Å². The highest BCUT2D eigenvalue weighted by atomic mass is 32.2. The molecule has 1 atom stereocenters. The summed E-state index contributed by atoms with van der Waals surface area (Å²) >= 11 is -2.16. The number of benzene rings is 2. The van der Waals surface area contributed by atoms with Crippen molar-refractivity contribution < 1.29 is 13.7 Å². The van der Waals surface area contributed by atoms with E-state index in [0.29, 0.717) is 16.3 Å². The van der Waals surface area contributed by atoms with Crippen molar-refractivity contribution in [3.05, 3.63) is 46.0 Å². The molecule has 0 aliphatic rings. The van der Waals surface area contributed by atoms with Gasteiger partial charge in [-0.2, -0.15) is 0 Å². The molecule has 1 unspecified atom stereocenters. The largest absolute Gasteiger partial charge is 0.302 e. The van der Waals surface area contributed by atoms with Gasteiger partial charge in [0.1, 0.15) is 0 Å². The summed E-state index contributed by atoms with van der Waals surface area (Å²) in [4.78, 5) is 10.6. The minimum absolute atomic E-state index is 0.0609. The van der Waals surface area contributed by atoms with Crippen LogP contribution in [-0.2, 0) is 11.1 Å². The van der Waals surface area contributed by atoms with E-state index in [4.69, 9.17) is 0 Å². The van der Waals surface area contributed by atoms with E-state index in [1.165, 1.54) is 12.1 Å². The van der Waals surface area contributed by atoms with E-state index in [0.717, 1.165) is 0 Å². The first-order chi connectivity index (χ1) is 8.02. The Balaban J connectivity index is 2.93. The van der Waals surface area contributed by atoms with E-state index in [2.05, 4.69) is 0 Å². The number of nitro benzene ring substituents is 1. The second-order valence-corrected chi connectivity index (χ2v) is 4.50. The topological polar surface area (TPSA) is 80.4 Å². The maximum atomic E-state index is 11.3. The summed E-state index contributed by atoms with van der Waals surface area (Å²) in [6.45, 7) is 1.70. The summed E-state index contributed by atoms with van der Waals surface area (Å²) in [6.07, 6.45) is 0. The van der Waals surface area contributed by atoms with Gasteiger partial charge < -0.3 is 4.55 Å². The Bertz CT molecular complexity index is 639. The number of aryl methyl sites for hydroxylation is 1. The molecule has 2 aromatic rings. The molecule has 0 aliphatic carbocycles. The standard InChI is InChI=1S/C11H9NO4S/c1-7-5-6-8-9(11(7)17(15)16)3-2-4-10(8)12(13)14/h2-6H,1H3,(H,15,16). The van der Waals surface area contributed by atoms with Gasteiger partial charge in [-0.05, 0) is 18.6 Å². The quantitative estimate of drug-likeness (QED) is 0.505. The normalized spacial score (nSPS) is 12.6. The Labute approximate surface area is 99.5 Å². The molecule has 88 valence electrons. The van der Waals surface area contributed by atoms with Gasteiger partial charge in [-0.1, -0.05) is 18.2 Å². The van der Waals surface area contributed by atoms with Crippen molar-refractivity contribution in [1.29, 1.82) is 0 Å². The zero-order valence-corrected chi connectivity index (χ0v) is 9.73. The summed E-state index contributed by atoms with van der Waals surface area (Å²) in [7, 11) is 0. The summed E-state index contributed by atoms with van der Waals surface area (Å²) in [6, 6.07) is 7.70. The number of rotatable bonds is 2. The van der Waals surface area contributed by atoms with Crippen LogP contribution in [0.5, 0.6) is 0 Å². The highest BCUT2D eigenvalue weighted by Gasteiger charge is 2.16. The van der Waals surface area contributed by atoms with Crippen molar-refractivity contribution >= 4 is 27.5 Å². The van der Waals surface area contributed by atoms with Crippen LogP contribution in [0.1, 0.15) is 5.56 Å². The number of hydrogen-bond acceptors (Lipinski definition) is 3. The van der Waals surface area contributed by atoms with Gasteiger partial charge in [0, 0.05) is 11.5 Å². The Hall–Kier alpha value is -1.79. The molecule has 0 saturated carbocycles. The molecule has 0 fully saturated rings. The minimum Gasteiger partial charge on any atom is -0.302 e. The van der Waals surface area contributed by atoms with Gasteiger partial charge in [0.05, 0.1) is 15.2 Å². The number of nitrogens with zero attached hydrogens (tertiary/aromatic N) is 1. The Morgan fingerprint density at radius 1 is 1.24 bits per heavy atom. The number of non-ortho nitro benzene ring substituents is 1. The first-order valence-corrected chi connectivity index (χ1v) is 5.90. The van der Waals surface area contributed by atoms with Gasteiger partial charge in [0.25, 0.3) is 5.69 Å². The molecule has 0 bridgehead atoms. The zero-order chi connectivity index (χ0) is 12.6. The molecule has 0 spiro atoms. The number of hydrogen-bond donors (Lipinski definition) is 1. The molecule has 2 rings (SSSR count). The fourth-order valence-electron chi connectivity index (χ4n) is 1.81. The maximum absolute atomic E-state index is 11.3. The lowest BCUT2D eigenvalue weighted by Crippen LogP contribution is -1.96. The summed E-state index contributed by atoms with van der Waals surface area (Å²) in [5.41, 5.74) is 0.577. The van der Waals surface area contributed by atoms with Crippen LogP contribution in [-0.4, -0.2) is 13.7 Å². The van der Waals surface area contributed by atoms with Crippen LogP contribution in [0.4, 0.5) is 5.69 Å². The molecular weight excluding hydrogens is 242 g/mol. The Morgan fingerprint density at radius 3 is 2.53 bits per heavy atom. The van der Waals surface area contributed by atoms with Crippen LogP contribution in [0.3, 0.4) is 0 Å². The van der Waals surface area contributed by atoms with Crippen LogP contribution in [0.25, 0.3) is 10.8 Å². The first-order valence-electron chi connectivity index (χ1n) is 4.80. The van der Waals surface area contributed by atoms with Gasteiger partial charge in [-0.3, -0.25) is 10.1 Å². The number of nitro groups is 1. The average Bonchev–Trinajstić information content (AvgIpc) is 2.26. The van der Waals surface area contributed by atoms with Crippen LogP contribution >= 0.6 is 0 Å². The first kappa shape index (κ1) is 11.7. The molecule has 5 nitrogen and oxygen atoms in total. The van der Waals surface area contributed by atoms with Gasteiger partial charge >= 0.3 is 0 Å². The molecule has 0 amide bonds. The predicted molar refractivity (Wildman–Crippen MR) is 64.4 cm³/mol. The monoisotopic (exact) mass is 251 g/mol. The smallest absolute Gasteiger partial charge is 0.277 e. The minimum atomic E-state index is -2.16. The van der Waals surface area contributed by atoms with Gasteiger partial charge in [-0.15, -0.1) is 0 Å². The van der Waals surface area contributed by atoms with E-state index < -0.39 is 16.0 Å². The second kappa shape index (κ2) is 4.23. The van der Waals surface area contributed by atoms with Crippen LogP contribution in [0, 0.1) is 17.0 Å². The second-order valence-electron chi connectivity index (χ2n) is 3.59. The Kier molecular flexibility index (Phi) is 2.91. The van der Waals surface area contributed by atoms with E-state index in [1.807, 2.05) is 0 Å². The number of fused-ring (bicyclic) bond motifs is 1. The van der Waals surface area contributed by atoms with Gasteiger partial charge in [0.15, 0.2) is 11.1 Å². The predicted octanol–water partition coefficient (Wildman–Crippen LogP) is 2.64. The fraction of sp³-hybridized carbons (Fsp3) is 0.0909. The lowest BCUT2D eigenvalue weighted by atomic mass is 10.1. The summed E-state index contributed by atoms with van der Waals surface area (Å²) in [5.74, 6) is 0. The third-order valence-electron chi connectivity index (χ3n) is 2.56. The van der Waals surface area contributed by atoms with E-state index in [9.17, 15) is 18.9 Å². The van der Waals surface area contributed by atoms with E-state index in [-0.39, 0.29) is 10.6 Å². The molecular formula is C11H9NO4S. The highest BCUT2D eigenvalue weighted by molar-refractivity contribution is 7.79. The van der Waals surface area contributed by atoms with Gasteiger partial charge in [0.2, 0.25) is 0 Å². The summed E-state index contributed by atoms with van der Waals surface area (Å²) < 4.78 is 20.5. The van der Waals surface area contributed by atoms with Crippen molar-refractivity contribution in [2.45, 2.75) is 11.8 Å².